The van der Waals surface area contributed by atoms with Crippen LogP contribution in [0.4, 0.5) is 0 Å². The molecule has 1 heterocycles. The first-order chi connectivity index (χ1) is 21.4. The molecule has 2 unspecified atom stereocenters. The van der Waals surface area contributed by atoms with Crippen molar-refractivity contribution in [2.75, 3.05) is 33.8 Å². The Morgan fingerprint density at radius 3 is 2.18 bits per heavy atom. The van der Waals surface area contributed by atoms with Gasteiger partial charge in [0.15, 0.2) is 0 Å². The Kier molecular flexibility index (Phi) is 12.7. The number of hydrogen-bond acceptors (Lipinski definition) is 6. The number of carbonyl (C=O) groups is 3. The number of benzene rings is 3. The Bertz CT molecular complexity index is 1340. The van der Waals surface area contributed by atoms with E-state index in [0.717, 1.165) is 28.9 Å². The van der Waals surface area contributed by atoms with E-state index in [4.69, 9.17) is 4.74 Å². The lowest BCUT2D eigenvalue weighted by Crippen LogP contribution is -2.57. The minimum Gasteiger partial charge on any atom is -0.497 e. The van der Waals surface area contributed by atoms with Gasteiger partial charge >= 0.3 is 0 Å². The van der Waals surface area contributed by atoms with Gasteiger partial charge in [-0.05, 0) is 35.2 Å². The molecule has 4 rings (SSSR count). The zero-order chi connectivity index (χ0) is 31.3. The van der Waals surface area contributed by atoms with Crippen LogP contribution in [0.2, 0.25) is 0 Å². The molecule has 0 radical (unpaired) electrons. The van der Waals surface area contributed by atoms with E-state index in [2.05, 4.69) is 34.6 Å². The van der Waals surface area contributed by atoms with Crippen LogP contribution < -0.4 is 15.4 Å². The van der Waals surface area contributed by atoms with Crippen LogP contribution in [0.5, 0.6) is 5.75 Å². The first-order valence-electron chi connectivity index (χ1n) is 15.3. The van der Waals surface area contributed by atoms with Crippen LogP contribution >= 0.6 is 11.8 Å². The number of ether oxygens (including phenoxy) is 1. The number of carbonyl (C=O) groups excluding carboxylic acids is 3. The van der Waals surface area contributed by atoms with Crippen molar-refractivity contribution in [3.05, 3.63) is 102 Å². The number of likely N-dealkylation sites (N-methyl/N-ethyl adjacent to an activating group) is 1. The van der Waals surface area contributed by atoms with Gasteiger partial charge < -0.3 is 20.3 Å². The van der Waals surface area contributed by atoms with Crippen LogP contribution in [-0.2, 0) is 33.1 Å². The van der Waals surface area contributed by atoms with E-state index < -0.39 is 12.1 Å². The van der Waals surface area contributed by atoms with E-state index in [1.165, 1.54) is 0 Å². The lowest BCUT2D eigenvalue weighted by molar-refractivity contribution is -0.142. The SMILES string of the molecule is CCCC(SCc1ccc(OC)cc1)C(=O)NC1CN(Cc2ccccc2)CCN([C@@H](Cc2ccccc2)C(=O)NC)C1=O. The minimum absolute atomic E-state index is 0.148. The summed E-state index contributed by atoms with van der Waals surface area (Å²) in [5, 5.41) is 5.57. The largest absolute Gasteiger partial charge is 0.497 e. The van der Waals surface area contributed by atoms with Crippen molar-refractivity contribution in [1.29, 1.82) is 0 Å². The zero-order valence-electron chi connectivity index (χ0n) is 25.9. The predicted molar refractivity (Wildman–Crippen MR) is 176 cm³/mol. The van der Waals surface area contributed by atoms with E-state index >= 15 is 0 Å². The third-order valence-electron chi connectivity index (χ3n) is 7.90. The molecule has 2 N–H and O–H groups in total. The maximum Gasteiger partial charge on any atom is 0.247 e. The summed E-state index contributed by atoms with van der Waals surface area (Å²) in [6.45, 7) is 4.03. The fourth-order valence-electron chi connectivity index (χ4n) is 5.47. The minimum atomic E-state index is -0.780. The maximum absolute atomic E-state index is 14.2. The van der Waals surface area contributed by atoms with Crippen LogP contribution in [0.15, 0.2) is 84.9 Å². The lowest BCUT2D eigenvalue weighted by Gasteiger charge is -2.32. The monoisotopic (exact) mass is 616 g/mol. The van der Waals surface area contributed by atoms with E-state index in [-0.39, 0.29) is 23.0 Å². The van der Waals surface area contributed by atoms with Crippen LogP contribution in [-0.4, -0.2) is 78.6 Å². The van der Waals surface area contributed by atoms with Gasteiger partial charge in [-0.1, -0.05) is 86.1 Å². The molecule has 1 fully saturated rings. The number of nitrogens with one attached hydrogen (secondary N) is 2. The molecular weight excluding hydrogens is 572 g/mol. The van der Waals surface area contributed by atoms with Crippen molar-refractivity contribution in [1.82, 2.24) is 20.4 Å². The van der Waals surface area contributed by atoms with Gasteiger partial charge in [0.2, 0.25) is 17.7 Å². The Hall–Kier alpha value is -3.82. The standard InChI is InChI=1S/C35H44N4O4S/c1-4-11-32(44-25-28-16-18-29(43-3)19-17-28)34(41)37-30-24-38(23-27-14-9-6-10-15-27)20-21-39(35(30)42)31(33(40)36-2)22-26-12-7-5-8-13-26/h5-10,12-19,30-32H,4,11,20-25H2,1-3H3,(H,36,40)(H,37,41)/t30?,31-,32?/m0/s1. The highest BCUT2D eigenvalue weighted by molar-refractivity contribution is 7.99. The van der Waals surface area contributed by atoms with Gasteiger partial charge in [0, 0.05) is 45.4 Å². The average Bonchev–Trinajstić information content (AvgIpc) is 3.20. The second-order valence-corrected chi connectivity index (χ2v) is 12.3. The molecule has 8 nitrogen and oxygen atoms in total. The lowest BCUT2D eigenvalue weighted by atomic mass is 10.0. The predicted octanol–water partition coefficient (Wildman–Crippen LogP) is 4.28. The Morgan fingerprint density at radius 2 is 1.57 bits per heavy atom. The molecular formula is C35H44N4O4S. The van der Waals surface area contributed by atoms with Gasteiger partial charge in [0.1, 0.15) is 17.8 Å². The van der Waals surface area contributed by atoms with Crippen molar-refractivity contribution in [3.63, 3.8) is 0 Å². The zero-order valence-corrected chi connectivity index (χ0v) is 26.7. The van der Waals surface area contributed by atoms with Gasteiger partial charge in [-0.25, -0.2) is 0 Å². The van der Waals surface area contributed by atoms with E-state index in [0.29, 0.717) is 44.8 Å². The van der Waals surface area contributed by atoms with Crippen LogP contribution in [0, 0.1) is 0 Å². The summed E-state index contributed by atoms with van der Waals surface area (Å²) in [5.41, 5.74) is 3.20. The number of hydrogen-bond donors (Lipinski definition) is 2. The molecule has 3 aromatic carbocycles. The number of methoxy groups -OCH3 is 1. The summed E-state index contributed by atoms with van der Waals surface area (Å²) < 4.78 is 5.27. The second kappa shape index (κ2) is 16.9. The van der Waals surface area contributed by atoms with Crippen molar-refractivity contribution in [2.45, 2.75) is 55.8 Å². The molecule has 44 heavy (non-hydrogen) atoms. The maximum atomic E-state index is 14.2. The highest BCUT2D eigenvalue weighted by atomic mass is 32.2. The van der Waals surface area contributed by atoms with Gasteiger partial charge in [0.05, 0.1) is 12.4 Å². The van der Waals surface area contributed by atoms with Gasteiger partial charge in [0.25, 0.3) is 0 Å². The van der Waals surface area contributed by atoms with E-state index in [9.17, 15) is 14.4 Å². The topological polar surface area (TPSA) is 91.0 Å². The molecule has 0 bridgehead atoms. The molecule has 3 atom stereocenters. The summed E-state index contributed by atoms with van der Waals surface area (Å²) in [7, 11) is 3.24. The summed E-state index contributed by atoms with van der Waals surface area (Å²) in [6.07, 6.45) is 1.93. The average molecular weight is 617 g/mol. The first kappa shape index (κ1) is 33.1. The Morgan fingerprint density at radius 1 is 0.909 bits per heavy atom. The van der Waals surface area contributed by atoms with Crippen molar-refractivity contribution < 1.29 is 19.1 Å². The summed E-state index contributed by atoms with van der Waals surface area (Å²) >= 11 is 1.58. The normalized spacial score (nSPS) is 16.9. The molecule has 0 saturated carbocycles. The van der Waals surface area contributed by atoms with Crippen molar-refractivity contribution in [3.8, 4) is 5.75 Å². The quantitative estimate of drug-likeness (QED) is 0.281. The molecule has 3 amide bonds. The van der Waals surface area contributed by atoms with E-state index in [1.807, 2.05) is 72.8 Å². The molecule has 1 aliphatic heterocycles. The number of amides is 3. The van der Waals surface area contributed by atoms with Crippen LogP contribution in [0.3, 0.4) is 0 Å². The van der Waals surface area contributed by atoms with Crippen molar-refractivity contribution in [2.24, 2.45) is 0 Å². The number of thioether (sulfide) groups is 1. The highest BCUT2D eigenvalue weighted by Gasteiger charge is 2.38. The fourth-order valence-corrected chi connectivity index (χ4v) is 6.68. The smallest absolute Gasteiger partial charge is 0.247 e. The molecule has 1 saturated heterocycles. The molecule has 0 aromatic heterocycles. The molecule has 0 aliphatic carbocycles. The van der Waals surface area contributed by atoms with Crippen LogP contribution in [0.1, 0.15) is 36.5 Å². The molecule has 234 valence electrons. The number of nitrogens with zero attached hydrogens (tertiary/aromatic N) is 2. The Labute approximate surface area is 265 Å². The van der Waals surface area contributed by atoms with Gasteiger partial charge in [-0.15, -0.1) is 11.8 Å². The third kappa shape index (κ3) is 9.34. The molecule has 1 aliphatic rings. The number of rotatable bonds is 14. The summed E-state index contributed by atoms with van der Waals surface area (Å²) in [5.74, 6) is 0.865. The molecule has 3 aromatic rings. The van der Waals surface area contributed by atoms with E-state index in [1.54, 1.807) is 30.8 Å². The summed E-state index contributed by atoms with van der Waals surface area (Å²) in [6, 6.07) is 26.2. The third-order valence-corrected chi connectivity index (χ3v) is 9.25. The molecule has 0 spiro atoms. The Balaban J connectivity index is 1.55. The van der Waals surface area contributed by atoms with Crippen LogP contribution in [0.25, 0.3) is 0 Å². The van der Waals surface area contributed by atoms with Crippen molar-refractivity contribution >= 4 is 29.5 Å². The second-order valence-electron chi connectivity index (χ2n) is 11.1. The van der Waals surface area contributed by atoms with Gasteiger partial charge in [-0.3, -0.25) is 19.3 Å². The highest BCUT2D eigenvalue weighted by Crippen LogP contribution is 2.24. The fraction of sp³-hybridized carbons (Fsp3) is 0.400. The molecule has 9 heteroatoms. The summed E-state index contributed by atoms with van der Waals surface area (Å²) in [4.78, 5) is 45.1. The van der Waals surface area contributed by atoms with Gasteiger partial charge in [-0.2, -0.15) is 0 Å². The first-order valence-corrected chi connectivity index (χ1v) is 16.3.